The number of halogens is 2. The number of rotatable bonds is 3. The van der Waals surface area contributed by atoms with Crippen molar-refractivity contribution in [1.82, 2.24) is 4.98 Å². The minimum Gasteiger partial charge on any atom is -0.322 e. The first-order valence-electron chi connectivity index (χ1n) is 3.72. The van der Waals surface area contributed by atoms with E-state index in [0.29, 0.717) is 10.9 Å². The zero-order valence-electron chi connectivity index (χ0n) is 7.13. The molecule has 1 heterocycles. The van der Waals surface area contributed by atoms with Crippen LogP contribution in [0.2, 0.25) is 0 Å². The summed E-state index contributed by atoms with van der Waals surface area (Å²) >= 11 is 1.24. The summed E-state index contributed by atoms with van der Waals surface area (Å²) in [5, 5.41) is 0.529. The number of nitrogens with two attached hydrogens (primary N) is 1. The molecule has 0 unspecified atom stereocenters. The van der Waals surface area contributed by atoms with E-state index in [4.69, 9.17) is 5.73 Å². The van der Waals surface area contributed by atoms with Crippen LogP contribution in [0, 0.1) is 0 Å². The molecule has 0 atom stereocenters. The molecule has 1 rings (SSSR count). The van der Waals surface area contributed by atoms with Gasteiger partial charge in [0.15, 0.2) is 0 Å². The van der Waals surface area contributed by atoms with Gasteiger partial charge in [0, 0.05) is 12.8 Å². The Hall–Kier alpha value is -0.680. The predicted molar refractivity (Wildman–Crippen MR) is 48.7 cm³/mol. The van der Waals surface area contributed by atoms with E-state index in [0.717, 1.165) is 6.92 Å². The zero-order valence-corrected chi connectivity index (χ0v) is 7.94. The van der Waals surface area contributed by atoms with Crippen LogP contribution >= 0.6 is 11.8 Å². The molecule has 0 aliphatic carbocycles. The third-order valence-electron chi connectivity index (χ3n) is 1.40. The molecule has 0 spiro atoms. The summed E-state index contributed by atoms with van der Waals surface area (Å²) in [6.45, 7) is 0.826. The molecule has 1 aromatic heterocycles. The summed E-state index contributed by atoms with van der Waals surface area (Å²) in [5.74, 6) is -2.54. The van der Waals surface area contributed by atoms with E-state index in [1.807, 2.05) is 0 Å². The van der Waals surface area contributed by atoms with E-state index < -0.39 is 5.92 Å². The Morgan fingerprint density at radius 3 is 2.77 bits per heavy atom. The number of pyridine rings is 1. The molecule has 0 radical (unpaired) electrons. The Labute approximate surface area is 79.5 Å². The van der Waals surface area contributed by atoms with Crippen molar-refractivity contribution in [3.63, 3.8) is 0 Å². The van der Waals surface area contributed by atoms with Crippen molar-refractivity contribution in [3.05, 3.63) is 23.9 Å². The summed E-state index contributed by atoms with van der Waals surface area (Å²) < 4.78 is 25.5. The average molecular weight is 204 g/mol. The number of hydrogen-bond acceptors (Lipinski definition) is 3. The van der Waals surface area contributed by atoms with Crippen LogP contribution in [0.4, 0.5) is 8.78 Å². The summed E-state index contributed by atoms with van der Waals surface area (Å²) in [4.78, 5) is 3.77. The molecule has 0 aromatic carbocycles. The summed E-state index contributed by atoms with van der Waals surface area (Å²) in [6, 6.07) is 4.52. The van der Waals surface area contributed by atoms with E-state index in [1.165, 1.54) is 17.8 Å². The molecule has 72 valence electrons. The van der Waals surface area contributed by atoms with Crippen molar-refractivity contribution < 1.29 is 8.78 Å². The van der Waals surface area contributed by atoms with Gasteiger partial charge in [-0.1, -0.05) is 17.8 Å². The first kappa shape index (κ1) is 10.4. The van der Waals surface area contributed by atoms with Crippen LogP contribution in [0.15, 0.2) is 23.2 Å². The van der Waals surface area contributed by atoms with Gasteiger partial charge in [-0.25, -0.2) is 4.98 Å². The van der Waals surface area contributed by atoms with E-state index in [-0.39, 0.29) is 5.69 Å². The topological polar surface area (TPSA) is 38.9 Å². The van der Waals surface area contributed by atoms with E-state index in [1.54, 1.807) is 12.1 Å². The number of aromatic nitrogens is 1. The normalized spacial score (nSPS) is 11.7. The van der Waals surface area contributed by atoms with E-state index >= 15 is 0 Å². The Morgan fingerprint density at radius 2 is 2.23 bits per heavy atom. The van der Waals surface area contributed by atoms with Crippen molar-refractivity contribution in [2.75, 3.05) is 5.88 Å². The van der Waals surface area contributed by atoms with Crippen molar-refractivity contribution in [1.29, 1.82) is 0 Å². The van der Waals surface area contributed by atoms with Gasteiger partial charge in [-0.15, -0.1) is 0 Å². The number of nitrogens with zero attached hydrogens (tertiary/aromatic N) is 1. The summed E-state index contributed by atoms with van der Waals surface area (Å²) in [6.07, 6.45) is 0. The Kier molecular flexibility index (Phi) is 3.22. The maximum absolute atomic E-state index is 12.8. The minimum atomic E-state index is -2.88. The molecule has 0 aliphatic heterocycles. The fraction of sp³-hybridized carbons (Fsp3) is 0.375. The summed E-state index contributed by atoms with van der Waals surface area (Å²) in [7, 11) is 0. The van der Waals surface area contributed by atoms with Gasteiger partial charge in [-0.3, -0.25) is 0 Å². The van der Waals surface area contributed by atoms with Gasteiger partial charge in [0.2, 0.25) is 0 Å². The lowest BCUT2D eigenvalue weighted by Crippen LogP contribution is -2.09. The standard InChI is InChI=1S/C8H10F2N2S/c1-8(9,10)6-3-2-4-7(12-6)13-5-11/h2-4H,5,11H2,1H3. The van der Waals surface area contributed by atoms with Crippen LogP contribution in [-0.4, -0.2) is 10.9 Å². The van der Waals surface area contributed by atoms with Crippen LogP contribution in [0.25, 0.3) is 0 Å². The highest BCUT2D eigenvalue weighted by molar-refractivity contribution is 7.99. The maximum atomic E-state index is 12.8. The van der Waals surface area contributed by atoms with Crippen LogP contribution in [0.1, 0.15) is 12.6 Å². The Balaban J connectivity index is 2.92. The second-order valence-electron chi connectivity index (χ2n) is 2.56. The molecule has 2 nitrogen and oxygen atoms in total. The first-order chi connectivity index (χ1) is 6.04. The zero-order chi connectivity index (χ0) is 9.90. The first-order valence-corrected chi connectivity index (χ1v) is 4.71. The summed E-state index contributed by atoms with van der Waals surface area (Å²) in [5.41, 5.74) is 5.04. The van der Waals surface area contributed by atoms with Gasteiger partial charge >= 0.3 is 0 Å². The molecular formula is C8H10F2N2S. The van der Waals surface area contributed by atoms with Gasteiger partial charge in [-0.2, -0.15) is 8.78 Å². The maximum Gasteiger partial charge on any atom is 0.287 e. The van der Waals surface area contributed by atoms with Crippen LogP contribution < -0.4 is 5.73 Å². The monoisotopic (exact) mass is 204 g/mol. The second-order valence-corrected chi connectivity index (χ2v) is 3.60. The molecule has 0 saturated heterocycles. The average Bonchev–Trinajstić information content (AvgIpc) is 2.04. The molecule has 0 saturated carbocycles. The van der Waals surface area contributed by atoms with Gasteiger partial charge in [0.25, 0.3) is 5.92 Å². The second kappa shape index (κ2) is 4.02. The molecule has 0 aliphatic rings. The van der Waals surface area contributed by atoms with E-state index in [2.05, 4.69) is 4.98 Å². The van der Waals surface area contributed by atoms with Crippen molar-refractivity contribution in [2.24, 2.45) is 5.73 Å². The van der Waals surface area contributed by atoms with Crippen LogP contribution in [0.3, 0.4) is 0 Å². The largest absolute Gasteiger partial charge is 0.322 e. The number of thioether (sulfide) groups is 1. The molecule has 0 amide bonds. The fourth-order valence-corrected chi connectivity index (χ4v) is 1.33. The minimum absolute atomic E-state index is 0.217. The quantitative estimate of drug-likeness (QED) is 0.606. The third kappa shape index (κ3) is 2.93. The lowest BCUT2D eigenvalue weighted by molar-refractivity contribution is 0.0122. The molecule has 0 fully saturated rings. The lowest BCUT2D eigenvalue weighted by atomic mass is 10.2. The molecule has 1 aromatic rings. The highest BCUT2D eigenvalue weighted by Gasteiger charge is 2.25. The smallest absolute Gasteiger partial charge is 0.287 e. The van der Waals surface area contributed by atoms with Crippen molar-refractivity contribution in [3.8, 4) is 0 Å². The third-order valence-corrected chi connectivity index (χ3v) is 2.09. The highest BCUT2D eigenvalue weighted by atomic mass is 32.2. The fourth-order valence-electron chi connectivity index (χ4n) is 0.825. The van der Waals surface area contributed by atoms with E-state index in [9.17, 15) is 8.78 Å². The van der Waals surface area contributed by atoms with Gasteiger partial charge < -0.3 is 5.73 Å². The molecular weight excluding hydrogens is 194 g/mol. The van der Waals surface area contributed by atoms with Crippen molar-refractivity contribution in [2.45, 2.75) is 17.9 Å². The number of hydrogen-bond donors (Lipinski definition) is 1. The Morgan fingerprint density at radius 1 is 1.54 bits per heavy atom. The van der Waals surface area contributed by atoms with Crippen LogP contribution in [0.5, 0.6) is 0 Å². The predicted octanol–water partition coefficient (Wildman–Crippen LogP) is 2.20. The van der Waals surface area contributed by atoms with Crippen LogP contribution in [-0.2, 0) is 5.92 Å². The Bertz CT molecular complexity index is 286. The number of alkyl halides is 2. The molecule has 0 bridgehead atoms. The molecule has 2 N–H and O–H groups in total. The van der Waals surface area contributed by atoms with Crippen molar-refractivity contribution >= 4 is 11.8 Å². The van der Waals surface area contributed by atoms with Gasteiger partial charge in [0.1, 0.15) is 5.69 Å². The highest BCUT2D eigenvalue weighted by Crippen LogP contribution is 2.26. The van der Waals surface area contributed by atoms with Gasteiger partial charge in [0.05, 0.1) is 5.03 Å². The molecule has 5 heteroatoms. The SMILES string of the molecule is CC(F)(F)c1cccc(SCN)n1. The van der Waals surface area contributed by atoms with Gasteiger partial charge in [-0.05, 0) is 12.1 Å². The molecule has 13 heavy (non-hydrogen) atoms. The lowest BCUT2D eigenvalue weighted by Gasteiger charge is -2.09.